The van der Waals surface area contributed by atoms with Gasteiger partial charge in [0.15, 0.2) is 0 Å². The van der Waals surface area contributed by atoms with Crippen molar-refractivity contribution >= 4 is 5.91 Å². The number of rotatable bonds is 4. The average molecular weight is 355 g/mol. The molecule has 1 aromatic heterocycles. The predicted molar refractivity (Wildman–Crippen MR) is 100 cm³/mol. The van der Waals surface area contributed by atoms with Gasteiger partial charge in [0, 0.05) is 24.2 Å². The van der Waals surface area contributed by atoms with Crippen LogP contribution in [0.15, 0.2) is 33.9 Å². The van der Waals surface area contributed by atoms with E-state index in [9.17, 15) is 4.79 Å². The van der Waals surface area contributed by atoms with E-state index in [1.807, 2.05) is 19.1 Å². The molecular weight excluding hydrogens is 326 g/mol. The molecule has 5 heteroatoms. The minimum Gasteiger partial charge on any atom is -0.361 e. The standard InChI is InChI=1S/C21H29N3O2/c1-14-12-17(23-26-14)13-22-21(25)20-7-6-16-8-10-24(18-4-3-5-18)11-9-19(16)15(20)2/h6-7,12,15,18-19H,3-5,8-11,13H2,1-2H3,(H,22,25). The van der Waals surface area contributed by atoms with Crippen molar-refractivity contribution in [2.45, 2.75) is 58.5 Å². The fourth-order valence-corrected chi connectivity index (χ4v) is 4.58. The highest BCUT2D eigenvalue weighted by Gasteiger charge is 2.34. The van der Waals surface area contributed by atoms with Crippen molar-refractivity contribution in [3.63, 3.8) is 0 Å². The molecule has 0 radical (unpaired) electrons. The SMILES string of the molecule is Cc1cc(CNC(=O)C2=CC=C3CCN(C4CCC4)CCC3C2C)no1. The molecule has 2 atom stereocenters. The Labute approximate surface area is 155 Å². The van der Waals surface area contributed by atoms with Crippen LogP contribution in [-0.2, 0) is 11.3 Å². The number of hydrogen-bond acceptors (Lipinski definition) is 4. The van der Waals surface area contributed by atoms with Crippen LogP contribution in [0, 0.1) is 18.8 Å². The van der Waals surface area contributed by atoms with Crippen molar-refractivity contribution in [3.8, 4) is 0 Å². The zero-order valence-electron chi connectivity index (χ0n) is 15.8. The second kappa shape index (κ2) is 7.39. The largest absolute Gasteiger partial charge is 0.361 e. The van der Waals surface area contributed by atoms with Gasteiger partial charge in [0.25, 0.3) is 0 Å². The monoisotopic (exact) mass is 355 g/mol. The Balaban J connectivity index is 1.39. The average Bonchev–Trinajstić information content (AvgIpc) is 2.88. The Morgan fingerprint density at radius 2 is 2.15 bits per heavy atom. The molecule has 2 unspecified atom stereocenters. The van der Waals surface area contributed by atoms with Gasteiger partial charge >= 0.3 is 0 Å². The fourth-order valence-electron chi connectivity index (χ4n) is 4.58. The summed E-state index contributed by atoms with van der Waals surface area (Å²) in [6.45, 7) is 6.83. The lowest BCUT2D eigenvalue weighted by Gasteiger charge is -2.37. The molecule has 5 nitrogen and oxygen atoms in total. The van der Waals surface area contributed by atoms with Crippen LogP contribution in [0.25, 0.3) is 0 Å². The Morgan fingerprint density at radius 1 is 1.31 bits per heavy atom. The number of carbonyl (C=O) groups excluding carboxylic acids is 1. The van der Waals surface area contributed by atoms with Gasteiger partial charge in [0.1, 0.15) is 11.5 Å². The zero-order valence-corrected chi connectivity index (χ0v) is 15.8. The number of allylic oxidation sites excluding steroid dienone is 2. The number of nitrogens with one attached hydrogen (secondary N) is 1. The predicted octanol–water partition coefficient (Wildman–Crippen LogP) is 3.37. The van der Waals surface area contributed by atoms with Crippen molar-refractivity contribution in [1.29, 1.82) is 0 Å². The van der Waals surface area contributed by atoms with Gasteiger partial charge < -0.3 is 14.7 Å². The smallest absolute Gasteiger partial charge is 0.247 e. The Kier molecular flexibility index (Phi) is 4.98. The van der Waals surface area contributed by atoms with E-state index in [-0.39, 0.29) is 11.8 Å². The summed E-state index contributed by atoms with van der Waals surface area (Å²) in [5.74, 6) is 1.56. The van der Waals surface area contributed by atoms with Crippen LogP contribution >= 0.6 is 0 Å². The second-order valence-corrected chi connectivity index (χ2v) is 8.03. The zero-order chi connectivity index (χ0) is 18.1. The Hall–Kier alpha value is -1.88. The summed E-state index contributed by atoms with van der Waals surface area (Å²) in [6, 6.07) is 2.67. The van der Waals surface area contributed by atoms with Gasteiger partial charge in [-0.3, -0.25) is 4.79 Å². The molecule has 2 aliphatic carbocycles. The first kappa shape index (κ1) is 17.5. The lowest BCUT2D eigenvalue weighted by atomic mass is 9.76. The molecule has 1 amide bonds. The van der Waals surface area contributed by atoms with Crippen molar-refractivity contribution in [2.24, 2.45) is 11.8 Å². The topological polar surface area (TPSA) is 58.4 Å². The quantitative estimate of drug-likeness (QED) is 0.900. The van der Waals surface area contributed by atoms with Crippen molar-refractivity contribution in [3.05, 3.63) is 40.8 Å². The maximum atomic E-state index is 12.7. The lowest BCUT2D eigenvalue weighted by Crippen LogP contribution is -2.40. The van der Waals surface area contributed by atoms with E-state index in [4.69, 9.17) is 4.52 Å². The first-order chi connectivity index (χ1) is 12.6. The van der Waals surface area contributed by atoms with Crippen LogP contribution in [-0.4, -0.2) is 35.1 Å². The second-order valence-electron chi connectivity index (χ2n) is 8.03. The van der Waals surface area contributed by atoms with Crippen LogP contribution < -0.4 is 5.32 Å². The highest BCUT2D eigenvalue weighted by Crippen LogP contribution is 2.38. The maximum Gasteiger partial charge on any atom is 0.247 e. The minimum absolute atomic E-state index is 0.0218. The van der Waals surface area contributed by atoms with Crippen molar-refractivity contribution in [1.82, 2.24) is 15.4 Å². The third-order valence-corrected chi connectivity index (χ3v) is 6.42. The number of hydrogen-bond donors (Lipinski definition) is 1. The number of fused-ring (bicyclic) bond motifs is 1. The molecule has 1 aliphatic heterocycles. The number of aryl methyl sites for hydroxylation is 1. The molecule has 26 heavy (non-hydrogen) atoms. The molecule has 0 aromatic carbocycles. The van der Waals surface area contributed by atoms with Crippen LogP contribution in [0.4, 0.5) is 0 Å². The third-order valence-electron chi connectivity index (χ3n) is 6.42. The molecule has 2 heterocycles. The molecule has 4 rings (SSSR count). The van der Waals surface area contributed by atoms with E-state index in [0.717, 1.165) is 35.9 Å². The summed E-state index contributed by atoms with van der Waals surface area (Å²) in [6.07, 6.45) is 10.7. The molecule has 140 valence electrons. The Morgan fingerprint density at radius 3 is 2.85 bits per heavy atom. The number of nitrogens with zero attached hydrogens (tertiary/aromatic N) is 2. The van der Waals surface area contributed by atoms with Gasteiger partial charge in [0.05, 0.1) is 6.54 Å². The van der Waals surface area contributed by atoms with Crippen molar-refractivity contribution < 1.29 is 9.32 Å². The van der Waals surface area contributed by atoms with Crippen LogP contribution in [0.5, 0.6) is 0 Å². The van der Waals surface area contributed by atoms with Gasteiger partial charge in [-0.05, 0) is 51.0 Å². The molecule has 1 saturated heterocycles. The van der Waals surface area contributed by atoms with Gasteiger partial charge in [-0.15, -0.1) is 0 Å². The van der Waals surface area contributed by atoms with Gasteiger partial charge in [-0.2, -0.15) is 0 Å². The van der Waals surface area contributed by atoms with E-state index in [2.05, 4.69) is 28.4 Å². The summed E-state index contributed by atoms with van der Waals surface area (Å²) < 4.78 is 5.06. The molecular formula is C21H29N3O2. The number of likely N-dealkylation sites (tertiary alicyclic amines) is 1. The Bertz CT molecular complexity index is 729. The summed E-state index contributed by atoms with van der Waals surface area (Å²) >= 11 is 0. The van der Waals surface area contributed by atoms with E-state index in [0.29, 0.717) is 12.5 Å². The van der Waals surface area contributed by atoms with E-state index in [1.54, 1.807) is 0 Å². The van der Waals surface area contributed by atoms with Crippen LogP contribution in [0.1, 0.15) is 50.5 Å². The summed E-state index contributed by atoms with van der Waals surface area (Å²) in [5, 5.41) is 6.94. The highest BCUT2D eigenvalue weighted by atomic mass is 16.5. The maximum absolute atomic E-state index is 12.7. The van der Waals surface area contributed by atoms with Crippen molar-refractivity contribution in [2.75, 3.05) is 13.1 Å². The van der Waals surface area contributed by atoms with E-state index < -0.39 is 0 Å². The van der Waals surface area contributed by atoms with E-state index >= 15 is 0 Å². The fraction of sp³-hybridized carbons (Fsp3) is 0.619. The molecule has 1 aromatic rings. The number of amides is 1. The number of carbonyl (C=O) groups is 1. The summed E-state index contributed by atoms with van der Waals surface area (Å²) in [5.41, 5.74) is 3.20. The number of aromatic nitrogens is 1. The van der Waals surface area contributed by atoms with Gasteiger partial charge in [-0.25, -0.2) is 0 Å². The molecule has 0 spiro atoms. The summed E-state index contributed by atoms with van der Waals surface area (Å²) in [7, 11) is 0. The van der Waals surface area contributed by atoms with Gasteiger partial charge in [0.2, 0.25) is 5.91 Å². The lowest BCUT2D eigenvalue weighted by molar-refractivity contribution is -0.118. The minimum atomic E-state index is 0.0218. The third kappa shape index (κ3) is 3.50. The van der Waals surface area contributed by atoms with Crippen LogP contribution in [0.2, 0.25) is 0 Å². The molecule has 1 saturated carbocycles. The first-order valence-corrected chi connectivity index (χ1v) is 9.97. The van der Waals surface area contributed by atoms with E-state index in [1.165, 1.54) is 37.9 Å². The highest BCUT2D eigenvalue weighted by molar-refractivity contribution is 5.94. The molecule has 0 bridgehead atoms. The van der Waals surface area contributed by atoms with Crippen LogP contribution in [0.3, 0.4) is 0 Å². The van der Waals surface area contributed by atoms with Gasteiger partial charge in [-0.1, -0.05) is 36.2 Å². The summed E-state index contributed by atoms with van der Waals surface area (Å²) in [4.78, 5) is 15.4. The molecule has 3 aliphatic rings. The molecule has 2 fully saturated rings. The first-order valence-electron chi connectivity index (χ1n) is 9.97. The normalized spacial score (nSPS) is 27.0. The molecule has 1 N–H and O–H groups in total.